The average Bonchev–Trinajstić information content (AvgIpc) is 2.94. The van der Waals surface area contributed by atoms with Crippen LogP contribution in [0.4, 0.5) is 0 Å². The van der Waals surface area contributed by atoms with E-state index in [0.717, 1.165) is 0 Å². The molecule has 11 unspecified atom stereocenters. The van der Waals surface area contributed by atoms with Gasteiger partial charge in [0.2, 0.25) is 0 Å². The lowest BCUT2D eigenvalue weighted by atomic mass is 9.51. The highest BCUT2D eigenvalue weighted by molar-refractivity contribution is 5.16. The van der Waals surface area contributed by atoms with E-state index in [1.54, 1.807) is 13.8 Å². The molecule has 4 rings (SSSR count). The van der Waals surface area contributed by atoms with Crippen molar-refractivity contribution < 1.29 is 44.8 Å². The van der Waals surface area contributed by atoms with Crippen molar-refractivity contribution in [3.8, 4) is 0 Å². The number of ether oxygens (including phenoxy) is 3. The van der Waals surface area contributed by atoms with Crippen LogP contribution in [0.2, 0.25) is 0 Å². The van der Waals surface area contributed by atoms with Crippen molar-refractivity contribution >= 4 is 0 Å². The molecule has 0 spiro atoms. The first-order chi connectivity index (χ1) is 13.9. The fraction of sp³-hybridized carbons (Fsp3) is 1.00. The summed E-state index contributed by atoms with van der Waals surface area (Å²) in [5.74, 6) is -0.569. The summed E-state index contributed by atoms with van der Waals surface area (Å²) >= 11 is 0. The molecule has 4 fully saturated rings. The third-order valence-electron chi connectivity index (χ3n) is 8.22. The van der Waals surface area contributed by atoms with Crippen LogP contribution in [0.3, 0.4) is 0 Å². The Balaban J connectivity index is 1.69. The first-order valence-corrected chi connectivity index (χ1v) is 10.9. The summed E-state index contributed by atoms with van der Waals surface area (Å²) in [6, 6.07) is 0. The number of hydrogen-bond donors (Lipinski definition) is 6. The van der Waals surface area contributed by atoms with E-state index in [1.165, 1.54) is 0 Å². The molecule has 2 saturated heterocycles. The Labute approximate surface area is 176 Å². The molecule has 174 valence electrons. The normalized spacial score (nSPS) is 54.1. The molecular formula is C21H36O9. The lowest BCUT2D eigenvalue weighted by Gasteiger charge is -2.57. The topological polar surface area (TPSA) is 149 Å². The van der Waals surface area contributed by atoms with Crippen molar-refractivity contribution in [2.45, 2.75) is 101 Å². The third-order valence-corrected chi connectivity index (χ3v) is 8.22. The highest BCUT2D eigenvalue weighted by Gasteiger charge is 2.68. The minimum atomic E-state index is -1.54. The predicted octanol–water partition coefficient (Wildman–Crippen LogP) is -1.10. The quantitative estimate of drug-likeness (QED) is 0.325. The molecule has 4 aliphatic rings. The Hall–Kier alpha value is -0.360. The zero-order valence-corrected chi connectivity index (χ0v) is 17.8. The van der Waals surface area contributed by atoms with Gasteiger partial charge in [0.15, 0.2) is 6.29 Å². The average molecular weight is 433 g/mol. The molecule has 0 aromatic carbocycles. The van der Waals surface area contributed by atoms with Gasteiger partial charge >= 0.3 is 0 Å². The molecule has 0 radical (unpaired) electrons. The van der Waals surface area contributed by atoms with Crippen molar-refractivity contribution in [2.75, 3.05) is 13.2 Å². The fourth-order valence-corrected chi connectivity index (χ4v) is 6.48. The maximum atomic E-state index is 10.9. The summed E-state index contributed by atoms with van der Waals surface area (Å²) in [4.78, 5) is 0. The van der Waals surface area contributed by atoms with Crippen molar-refractivity contribution in [3.63, 3.8) is 0 Å². The minimum Gasteiger partial charge on any atom is -0.394 e. The Morgan fingerprint density at radius 2 is 1.73 bits per heavy atom. The second kappa shape index (κ2) is 7.60. The van der Waals surface area contributed by atoms with Crippen LogP contribution in [0.5, 0.6) is 0 Å². The second-order valence-electron chi connectivity index (χ2n) is 10.5. The van der Waals surface area contributed by atoms with Crippen LogP contribution < -0.4 is 0 Å². The largest absolute Gasteiger partial charge is 0.394 e. The first kappa shape index (κ1) is 22.8. The van der Waals surface area contributed by atoms with Gasteiger partial charge in [0, 0.05) is 17.3 Å². The van der Waals surface area contributed by atoms with Gasteiger partial charge < -0.3 is 44.8 Å². The molecular weight excluding hydrogens is 396 g/mol. The van der Waals surface area contributed by atoms with E-state index in [4.69, 9.17) is 14.2 Å². The third kappa shape index (κ3) is 3.34. The highest BCUT2D eigenvalue weighted by atomic mass is 16.7. The van der Waals surface area contributed by atoms with E-state index in [1.807, 2.05) is 6.92 Å². The lowest BCUT2D eigenvalue weighted by Crippen LogP contribution is -2.65. The van der Waals surface area contributed by atoms with Crippen LogP contribution in [0.25, 0.3) is 0 Å². The standard InChI is InChI=1S/C21H36O9/c1-19(2,27)10-4-7-21-9-28-20(3,6-5-12(21)23)17(21)16(10)30-18-15(26)14(25)13(24)11(8-22)29-18/h10-18,22-27H,4-9H2,1-3H3. The molecule has 0 aromatic heterocycles. The van der Waals surface area contributed by atoms with Crippen molar-refractivity contribution in [1.82, 2.24) is 0 Å². The van der Waals surface area contributed by atoms with Crippen LogP contribution in [-0.2, 0) is 14.2 Å². The molecule has 9 heteroatoms. The Morgan fingerprint density at radius 1 is 1.03 bits per heavy atom. The van der Waals surface area contributed by atoms with Crippen LogP contribution in [-0.4, -0.2) is 98.0 Å². The molecule has 0 aromatic rings. The molecule has 2 heterocycles. The number of aliphatic hydroxyl groups is 6. The van der Waals surface area contributed by atoms with Crippen LogP contribution in [0.15, 0.2) is 0 Å². The molecule has 30 heavy (non-hydrogen) atoms. The zero-order valence-electron chi connectivity index (χ0n) is 17.8. The monoisotopic (exact) mass is 432 g/mol. The van der Waals surface area contributed by atoms with Gasteiger partial charge in [-0.15, -0.1) is 0 Å². The van der Waals surface area contributed by atoms with Gasteiger partial charge in [0.25, 0.3) is 0 Å². The molecule has 9 nitrogen and oxygen atoms in total. The zero-order chi connectivity index (χ0) is 22.1. The molecule has 0 amide bonds. The number of rotatable bonds is 4. The van der Waals surface area contributed by atoms with Gasteiger partial charge in [-0.1, -0.05) is 0 Å². The Bertz CT molecular complexity index is 636. The van der Waals surface area contributed by atoms with Crippen LogP contribution in [0.1, 0.15) is 46.5 Å². The van der Waals surface area contributed by atoms with E-state index in [9.17, 15) is 30.6 Å². The number of aliphatic hydroxyl groups excluding tert-OH is 5. The van der Waals surface area contributed by atoms with E-state index in [-0.39, 0.29) is 11.8 Å². The molecule has 11 atom stereocenters. The van der Waals surface area contributed by atoms with Crippen LogP contribution in [0, 0.1) is 17.3 Å². The fourth-order valence-electron chi connectivity index (χ4n) is 6.48. The Morgan fingerprint density at radius 3 is 2.37 bits per heavy atom. The van der Waals surface area contributed by atoms with Gasteiger partial charge in [0.05, 0.1) is 36.6 Å². The van der Waals surface area contributed by atoms with Gasteiger partial charge in [-0.05, 0) is 46.5 Å². The molecule has 2 bridgehead atoms. The van der Waals surface area contributed by atoms with Gasteiger partial charge in [0.1, 0.15) is 24.4 Å². The molecule has 2 aliphatic carbocycles. The van der Waals surface area contributed by atoms with Gasteiger partial charge in [-0.25, -0.2) is 0 Å². The summed E-state index contributed by atoms with van der Waals surface area (Å²) in [6.07, 6.45) is -5.52. The summed E-state index contributed by atoms with van der Waals surface area (Å²) < 4.78 is 18.1. The lowest BCUT2D eigenvalue weighted by molar-refractivity contribution is -0.335. The van der Waals surface area contributed by atoms with E-state index < -0.39 is 66.1 Å². The smallest absolute Gasteiger partial charge is 0.186 e. The summed E-state index contributed by atoms with van der Waals surface area (Å²) in [7, 11) is 0. The predicted molar refractivity (Wildman–Crippen MR) is 103 cm³/mol. The molecule has 6 N–H and O–H groups in total. The van der Waals surface area contributed by atoms with Crippen molar-refractivity contribution in [1.29, 1.82) is 0 Å². The summed E-state index contributed by atoms with van der Waals surface area (Å²) in [6.45, 7) is 5.29. The first-order valence-electron chi connectivity index (χ1n) is 10.9. The van der Waals surface area contributed by atoms with Gasteiger partial charge in [-0.2, -0.15) is 0 Å². The highest BCUT2D eigenvalue weighted by Crippen LogP contribution is 2.63. The van der Waals surface area contributed by atoms with Gasteiger partial charge in [-0.3, -0.25) is 0 Å². The Kier molecular flexibility index (Phi) is 5.78. The summed E-state index contributed by atoms with van der Waals surface area (Å²) in [5, 5.41) is 62.1. The van der Waals surface area contributed by atoms with E-state index >= 15 is 0 Å². The second-order valence-corrected chi connectivity index (χ2v) is 10.5. The van der Waals surface area contributed by atoms with Crippen molar-refractivity contribution in [2.24, 2.45) is 17.3 Å². The number of hydrogen-bond acceptors (Lipinski definition) is 9. The summed E-state index contributed by atoms with van der Waals surface area (Å²) in [5.41, 5.74) is -2.16. The van der Waals surface area contributed by atoms with Crippen LogP contribution >= 0.6 is 0 Å². The van der Waals surface area contributed by atoms with E-state index in [0.29, 0.717) is 32.3 Å². The maximum absolute atomic E-state index is 10.9. The molecule has 2 aliphatic heterocycles. The molecule has 2 saturated carbocycles. The maximum Gasteiger partial charge on any atom is 0.186 e. The minimum absolute atomic E-state index is 0.244. The SMILES string of the molecule is CC(C)(O)C1CCC23COC(C)(CCC2O)C3C1OC1OC(CO)C(O)C(O)C1O. The van der Waals surface area contributed by atoms with E-state index in [2.05, 4.69) is 0 Å². The van der Waals surface area contributed by atoms with Crippen molar-refractivity contribution in [3.05, 3.63) is 0 Å².